The number of nitrogens with one attached hydrogen (secondary N) is 2. The van der Waals surface area contributed by atoms with E-state index in [2.05, 4.69) is 25.1 Å². The summed E-state index contributed by atoms with van der Waals surface area (Å²) >= 11 is 0. The number of benzene rings is 2. The Kier molecular flexibility index (Phi) is 8.29. The largest absolute Gasteiger partial charge is 0.497 e. The average molecular weight is 496 g/mol. The van der Waals surface area contributed by atoms with Crippen LogP contribution in [0.2, 0.25) is 0 Å². The van der Waals surface area contributed by atoms with Gasteiger partial charge in [-0.05, 0) is 18.2 Å². The number of anilines is 1. The van der Waals surface area contributed by atoms with Crippen LogP contribution in [-0.4, -0.2) is 86.8 Å². The van der Waals surface area contributed by atoms with Crippen molar-refractivity contribution in [3.05, 3.63) is 48.3 Å². The Morgan fingerprint density at radius 2 is 1.69 bits per heavy atom. The van der Waals surface area contributed by atoms with E-state index < -0.39 is 0 Å². The van der Waals surface area contributed by atoms with Crippen LogP contribution in [0.3, 0.4) is 0 Å². The Hall–Kier alpha value is -3.76. The molecule has 1 saturated heterocycles. The normalized spacial score (nSPS) is 14.3. The number of imidazole rings is 1. The number of nitrogens with zero attached hydrogens (tertiary/aromatic N) is 3. The fourth-order valence-corrected chi connectivity index (χ4v) is 4.40. The van der Waals surface area contributed by atoms with Crippen LogP contribution in [0, 0.1) is 0 Å². The predicted octanol–water partition coefficient (Wildman–Crippen LogP) is 2.87. The lowest BCUT2D eigenvalue weighted by molar-refractivity contribution is -0.117. The highest BCUT2D eigenvalue weighted by atomic mass is 16.5. The van der Waals surface area contributed by atoms with Gasteiger partial charge in [0.1, 0.15) is 11.6 Å². The maximum atomic E-state index is 12.9. The van der Waals surface area contributed by atoms with Crippen molar-refractivity contribution in [2.24, 2.45) is 0 Å². The topological polar surface area (TPSA) is 101 Å². The molecule has 4 rings (SSSR count). The van der Waals surface area contributed by atoms with E-state index in [0.717, 1.165) is 43.9 Å². The Morgan fingerprint density at radius 3 is 2.33 bits per heavy atom. The van der Waals surface area contributed by atoms with E-state index in [-0.39, 0.29) is 5.91 Å². The first-order valence-electron chi connectivity index (χ1n) is 11.8. The van der Waals surface area contributed by atoms with Crippen molar-refractivity contribution in [3.63, 3.8) is 0 Å². The molecule has 2 heterocycles. The van der Waals surface area contributed by atoms with Crippen molar-refractivity contribution in [2.45, 2.75) is 6.54 Å². The molecule has 2 N–H and O–H groups in total. The summed E-state index contributed by atoms with van der Waals surface area (Å²) in [5.41, 5.74) is 2.50. The standard InChI is InChI=1S/C26H33N5O5/c1-33-19-6-7-20(26-27-9-10-28-26)21(15-19)29-23(32)17-31-13-11-30(12-14-31)16-18-5-8-22(34-2)25(36-4)24(18)35-3/h5-10,15H,11-14,16-17H2,1-4H3,(H,27,28)(H,29,32). The molecule has 0 unspecified atom stereocenters. The van der Waals surface area contributed by atoms with Crippen LogP contribution in [0.1, 0.15) is 5.56 Å². The zero-order valence-corrected chi connectivity index (χ0v) is 21.2. The number of aromatic nitrogens is 2. The van der Waals surface area contributed by atoms with Crippen LogP contribution in [0.4, 0.5) is 5.69 Å². The number of carbonyl (C=O) groups is 1. The van der Waals surface area contributed by atoms with Gasteiger partial charge in [-0.3, -0.25) is 14.6 Å². The fraction of sp³-hybridized carbons (Fsp3) is 0.385. The van der Waals surface area contributed by atoms with E-state index >= 15 is 0 Å². The molecular weight excluding hydrogens is 462 g/mol. The molecule has 0 atom stereocenters. The lowest BCUT2D eigenvalue weighted by atomic mass is 10.1. The molecule has 2 aromatic carbocycles. The molecular formula is C26H33N5O5. The first kappa shape index (κ1) is 25.3. The van der Waals surface area contributed by atoms with Gasteiger partial charge in [0.15, 0.2) is 11.5 Å². The summed E-state index contributed by atoms with van der Waals surface area (Å²) in [5.74, 6) is 3.20. The fourth-order valence-electron chi connectivity index (χ4n) is 4.40. The van der Waals surface area contributed by atoms with Crippen LogP contribution >= 0.6 is 0 Å². The Bertz CT molecular complexity index is 1160. The Balaban J connectivity index is 1.35. The van der Waals surface area contributed by atoms with Gasteiger partial charge >= 0.3 is 0 Å². The molecule has 1 fully saturated rings. The summed E-state index contributed by atoms with van der Waals surface area (Å²) in [6, 6.07) is 9.44. The maximum absolute atomic E-state index is 12.9. The highest BCUT2D eigenvalue weighted by Gasteiger charge is 2.23. The number of aromatic amines is 1. The number of hydrogen-bond acceptors (Lipinski definition) is 8. The number of amides is 1. The zero-order chi connectivity index (χ0) is 25.5. The maximum Gasteiger partial charge on any atom is 0.238 e. The summed E-state index contributed by atoms with van der Waals surface area (Å²) in [5, 5.41) is 3.03. The van der Waals surface area contributed by atoms with Gasteiger partial charge in [-0.2, -0.15) is 0 Å². The molecule has 36 heavy (non-hydrogen) atoms. The number of carbonyl (C=O) groups excluding carboxylic acids is 1. The highest BCUT2D eigenvalue weighted by molar-refractivity contribution is 5.96. The molecule has 10 heteroatoms. The minimum Gasteiger partial charge on any atom is -0.497 e. The number of piperazine rings is 1. The van der Waals surface area contributed by atoms with Crippen molar-refractivity contribution < 1.29 is 23.7 Å². The van der Waals surface area contributed by atoms with Gasteiger partial charge in [0.05, 0.1) is 40.7 Å². The quantitative estimate of drug-likeness (QED) is 0.443. The summed E-state index contributed by atoms with van der Waals surface area (Å²) < 4.78 is 21.9. The molecule has 0 aliphatic carbocycles. The first-order valence-corrected chi connectivity index (χ1v) is 11.8. The van der Waals surface area contributed by atoms with E-state index in [1.165, 1.54) is 0 Å². The lowest BCUT2D eigenvalue weighted by Gasteiger charge is -2.34. The van der Waals surface area contributed by atoms with Crippen LogP contribution in [-0.2, 0) is 11.3 Å². The third kappa shape index (κ3) is 5.72. The zero-order valence-electron chi connectivity index (χ0n) is 21.2. The molecule has 192 valence electrons. The van der Waals surface area contributed by atoms with Crippen molar-refractivity contribution in [1.29, 1.82) is 0 Å². The molecule has 0 radical (unpaired) electrons. The highest BCUT2D eigenvalue weighted by Crippen LogP contribution is 2.40. The van der Waals surface area contributed by atoms with Gasteiger partial charge in [-0.1, -0.05) is 6.07 Å². The Morgan fingerprint density at radius 1 is 0.944 bits per heavy atom. The molecule has 0 bridgehead atoms. The van der Waals surface area contributed by atoms with Gasteiger partial charge in [-0.25, -0.2) is 4.98 Å². The minimum absolute atomic E-state index is 0.0777. The molecule has 0 spiro atoms. The second-order valence-electron chi connectivity index (χ2n) is 8.44. The second-order valence-corrected chi connectivity index (χ2v) is 8.44. The van der Waals surface area contributed by atoms with Crippen molar-refractivity contribution >= 4 is 11.6 Å². The van der Waals surface area contributed by atoms with E-state index in [9.17, 15) is 4.79 Å². The molecule has 0 saturated carbocycles. The monoisotopic (exact) mass is 495 g/mol. The van der Waals surface area contributed by atoms with Crippen LogP contribution in [0.15, 0.2) is 42.7 Å². The number of methoxy groups -OCH3 is 4. The van der Waals surface area contributed by atoms with Gasteiger partial charge in [0.25, 0.3) is 0 Å². The number of rotatable bonds is 10. The molecule has 1 aliphatic heterocycles. The third-order valence-electron chi connectivity index (χ3n) is 6.27. The smallest absolute Gasteiger partial charge is 0.238 e. The predicted molar refractivity (Wildman–Crippen MR) is 137 cm³/mol. The first-order chi connectivity index (χ1) is 17.6. The van der Waals surface area contributed by atoms with E-state index in [1.807, 2.05) is 30.3 Å². The third-order valence-corrected chi connectivity index (χ3v) is 6.27. The summed E-state index contributed by atoms with van der Waals surface area (Å²) in [7, 11) is 6.46. The van der Waals surface area contributed by atoms with Crippen LogP contribution in [0.5, 0.6) is 23.0 Å². The molecule has 1 aromatic heterocycles. The van der Waals surface area contributed by atoms with E-state index in [4.69, 9.17) is 18.9 Å². The van der Waals surface area contributed by atoms with Gasteiger partial charge in [0.2, 0.25) is 11.7 Å². The molecule has 1 aliphatic rings. The minimum atomic E-state index is -0.0777. The summed E-state index contributed by atoms with van der Waals surface area (Å²) in [4.78, 5) is 24.8. The number of hydrogen-bond donors (Lipinski definition) is 2. The van der Waals surface area contributed by atoms with Crippen LogP contribution < -0.4 is 24.3 Å². The second kappa shape index (κ2) is 11.8. The molecule has 3 aromatic rings. The lowest BCUT2D eigenvalue weighted by Crippen LogP contribution is -2.48. The summed E-state index contributed by atoms with van der Waals surface area (Å²) in [6.07, 6.45) is 3.44. The van der Waals surface area contributed by atoms with Crippen molar-refractivity contribution in [2.75, 3.05) is 66.5 Å². The number of H-pyrrole nitrogens is 1. The average Bonchev–Trinajstić information content (AvgIpc) is 3.44. The van der Waals surface area contributed by atoms with E-state index in [0.29, 0.717) is 41.1 Å². The molecule has 10 nitrogen and oxygen atoms in total. The SMILES string of the molecule is COc1ccc(-c2ncc[nH]2)c(NC(=O)CN2CCN(Cc3ccc(OC)c(OC)c3OC)CC2)c1. The van der Waals surface area contributed by atoms with Crippen molar-refractivity contribution in [1.82, 2.24) is 19.8 Å². The molecule has 1 amide bonds. The van der Waals surface area contributed by atoms with Gasteiger partial charge < -0.3 is 29.2 Å². The summed E-state index contributed by atoms with van der Waals surface area (Å²) in [6.45, 7) is 4.27. The van der Waals surface area contributed by atoms with Gasteiger partial charge in [0, 0.05) is 62.3 Å². The van der Waals surface area contributed by atoms with Gasteiger partial charge in [-0.15, -0.1) is 0 Å². The van der Waals surface area contributed by atoms with Crippen LogP contribution in [0.25, 0.3) is 11.4 Å². The van der Waals surface area contributed by atoms with E-state index in [1.54, 1.807) is 40.8 Å². The number of ether oxygens (including phenoxy) is 4. The Labute approximate surface area is 211 Å². The van der Waals surface area contributed by atoms with Crippen molar-refractivity contribution in [3.8, 4) is 34.4 Å².